The number of ether oxygens (including phenoxy) is 1. The molecule has 0 bridgehead atoms. The number of anilines is 1. The molecular weight excluding hydrogens is 458 g/mol. The van der Waals surface area contributed by atoms with Gasteiger partial charge < -0.3 is 9.57 Å². The van der Waals surface area contributed by atoms with Gasteiger partial charge in [-0.05, 0) is 68.1 Å². The molecule has 0 heterocycles. The Morgan fingerprint density at radius 3 is 2.03 bits per heavy atom. The Morgan fingerprint density at radius 1 is 0.886 bits per heavy atom. The molecule has 0 atom stereocenters. The van der Waals surface area contributed by atoms with E-state index in [1.54, 1.807) is 31.2 Å². The number of hydrogen-bond acceptors (Lipinski definition) is 3. The quantitative estimate of drug-likeness (QED) is 0.160. The van der Waals surface area contributed by atoms with Crippen LogP contribution in [0.1, 0.15) is 102 Å². The van der Waals surface area contributed by atoms with Gasteiger partial charge in [-0.3, -0.25) is 0 Å². The lowest BCUT2D eigenvalue weighted by atomic mass is 10.0. The van der Waals surface area contributed by atoms with Crippen LogP contribution in [0.3, 0.4) is 0 Å². The smallest absolute Gasteiger partial charge is 0.447 e. The van der Waals surface area contributed by atoms with Crippen LogP contribution in [-0.4, -0.2) is 12.7 Å². The molecule has 0 N–H and O–H groups in total. The Morgan fingerprint density at radius 2 is 1.46 bits per heavy atom. The van der Waals surface area contributed by atoms with Crippen LogP contribution in [-0.2, 0) is 11.2 Å². The lowest BCUT2D eigenvalue weighted by Crippen LogP contribution is -2.35. The average Bonchev–Trinajstić information content (AvgIpc) is 2.86. The van der Waals surface area contributed by atoms with Gasteiger partial charge in [0.1, 0.15) is 0 Å². The zero-order chi connectivity index (χ0) is 25.3. The van der Waals surface area contributed by atoms with Gasteiger partial charge in [0.05, 0.1) is 12.3 Å². The second-order valence-electron chi connectivity index (χ2n) is 9.19. The van der Waals surface area contributed by atoms with E-state index < -0.39 is 6.09 Å². The summed E-state index contributed by atoms with van der Waals surface area (Å²) in [6.07, 6.45) is 16.0. The number of hydroxylamine groups is 1. The van der Waals surface area contributed by atoms with Crippen LogP contribution in [0.25, 0.3) is 0 Å². The number of amides is 1. The first-order valence-corrected chi connectivity index (χ1v) is 13.8. The number of hydrogen-bond donors (Lipinski definition) is 0. The number of benzene rings is 2. The highest BCUT2D eigenvalue weighted by atomic mass is 35.5. The van der Waals surface area contributed by atoms with Crippen molar-refractivity contribution in [3.05, 3.63) is 58.6 Å². The van der Waals surface area contributed by atoms with Crippen LogP contribution in [0.2, 0.25) is 5.02 Å². The van der Waals surface area contributed by atoms with Crippen molar-refractivity contribution in [2.24, 2.45) is 0 Å². The van der Waals surface area contributed by atoms with Gasteiger partial charge in [-0.2, -0.15) is 0 Å². The molecule has 0 fully saturated rings. The van der Waals surface area contributed by atoms with Crippen molar-refractivity contribution in [3.63, 3.8) is 0 Å². The van der Waals surface area contributed by atoms with Crippen molar-refractivity contribution in [3.8, 4) is 5.75 Å². The van der Waals surface area contributed by atoms with Gasteiger partial charge in [0.25, 0.3) is 0 Å². The molecule has 193 valence electrons. The fourth-order valence-electron chi connectivity index (χ4n) is 4.12. The Kier molecular flexibility index (Phi) is 14.3. The van der Waals surface area contributed by atoms with Gasteiger partial charge in [0, 0.05) is 5.02 Å². The third-order valence-electron chi connectivity index (χ3n) is 6.20. The van der Waals surface area contributed by atoms with Crippen LogP contribution in [0, 0.1) is 13.0 Å². The summed E-state index contributed by atoms with van der Waals surface area (Å²) in [6.45, 7) is 6.25. The molecule has 0 aromatic heterocycles. The second kappa shape index (κ2) is 17.3. The third-order valence-corrected chi connectivity index (χ3v) is 6.61. The van der Waals surface area contributed by atoms with E-state index in [4.69, 9.17) is 21.2 Å². The minimum Gasteiger partial charge on any atom is -0.447 e. The number of aryl methyl sites for hydroxylation is 2. The number of unbranched alkanes of at least 4 members (excludes halogenated alkanes) is 11. The fourth-order valence-corrected chi connectivity index (χ4v) is 4.31. The Balaban J connectivity index is 1.87. The summed E-state index contributed by atoms with van der Waals surface area (Å²) >= 11 is 6.44. The predicted molar refractivity (Wildman–Crippen MR) is 146 cm³/mol. The fraction of sp³-hybridized carbons (Fsp3) is 0.567. The summed E-state index contributed by atoms with van der Waals surface area (Å²) in [4.78, 5) is 18.8. The van der Waals surface area contributed by atoms with E-state index in [0.29, 0.717) is 16.5 Å². The Labute approximate surface area is 217 Å². The van der Waals surface area contributed by atoms with Gasteiger partial charge in [-0.1, -0.05) is 101 Å². The lowest BCUT2D eigenvalue weighted by Gasteiger charge is -2.23. The monoisotopic (exact) mass is 500 g/mol. The van der Waals surface area contributed by atoms with E-state index in [2.05, 4.69) is 13.0 Å². The molecule has 1 radical (unpaired) electrons. The standard InChI is InChI=1S/C30H43ClNO3/c1-4-6-7-8-9-10-11-12-13-14-15-17-20-26-24-28(31)25(3)23-29(26)35-32(30(33)34-5-2)27-21-18-16-19-22-27/h18-19,21-24H,4-15,17,20H2,1-3H3. The molecule has 1 amide bonds. The highest BCUT2D eigenvalue weighted by molar-refractivity contribution is 6.31. The van der Waals surface area contributed by atoms with E-state index in [-0.39, 0.29) is 6.61 Å². The van der Waals surface area contributed by atoms with E-state index in [1.165, 1.54) is 75.7 Å². The summed E-state index contributed by atoms with van der Waals surface area (Å²) < 4.78 is 5.23. The largest absolute Gasteiger partial charge is 0.448 e. The summed E-state index contributed by atoms with van der Waals surface area (Å²) in [5, 5.41) is 1.91. The lowest BCUT2D eigenvalue weighted by molar-refractivity contribution is 0.131. The summed E-state index contributed by atoms with van der Waals surface area (Å²) in [5.74, 6) is 0.635. The first-order chi connectivity index (χ1) is 17.1. The molecule has 0 spiro atoms. The Bertz CT molecular complexity index is 856. The predicted octanol–water partition coefficient (Wildman–Crippen LogP) is 9.65. The molecule has 0 aliphatic rings. The van der Waals surface area contributed by atoms with Gasteiger partial charge >= 0.3 is 6.09 Å². The molecule has 2 aromatic rings. The molecule has 0 saturated carbocycles. The molecule has 0 aliphatic carbocycles. The maximum absolute atomic E-state index is 12.6. The number of halogens is 1. The van der Waals surface area contributed by atoms with E-state index in [1.807, 2.05) is 19.1 Å². The van der Waals surface area contributed by atoms with Crippen molar-refractivity contribution in [1.82, 2.24) is 0 Å². The van der Waals surface area contributed by atoms with Crippen molar-refractivity contribution in [2.75, 3.05) is 11.7 Å². The van der Waals surface area contributed by atoms with Gasteiger partial charge in [-0.25, -0.2) is 4.79 Å². The number of carbonyl (C=O) groups excluding carboxylic acids is 1. The molecular formula is C30H43ClNO3. The molecule has 0 aliphatic heterocycles. The molecule has 5 heteroatoms. The molecule has 4 nitrogen and oxygen atoms in total. The van der Waals surface area contributed by atoms with Crippen LogP contribution in [0.5, 0.6) is 5.75 Å². The zero-order valence-electron chi connectivity index (χ0n) is 21.9. The molecule has 35 heavy (non-hydrogen) atoms. The van der Waals surface area contributed by atoms with Crippen LogP contribution in [0.15, 0.2) is 36.4 Å². The molecule has 2 rings (SSSR count). The normalized spacial score (nSPS) is 10.9. The summed E-state index contributed by atoms with van der Waals surface area (Å²) in [7, 11) is 0. The first-order valence-electron chi connectivity index (χ1n) is 13.5. The van der Waals surface area contributed by atoms with Crippen molar-refractivity contribution in [2.45, 2.75) is 104 Å². The first kappa shape index (κ1) is 29.0. The summed E-state index contributed by atoms with van der Waals surface area (Å²) in [5.41, 5.74) is 2.50. The highest BCUT2D eigenvalue weighted by Crippen LogP contribution is 2.30. The molecule has 2 aromatic carbocycles. The molecule has 0 unspecified atom stereocenters. The average molecular weight is 501 g/mol. The van der Waals surface area contributed by atoms with Crippen LogP contribution >= 0.6 is 11.6 Å². The number of carbonyl (C=O) groups is 1. The maximum atomic E-state index is 12.6. The minimum atomic E-state index is -0.553. The number of nitrogens with zero attached hydrogens (tertiary/aromatic N) is 1. The number of rotatable bonds is 17. The second-order valence-corrected chi connectivity index (χ2v) is 9.60. The van der Waals surface area contributed by atoms with E-state index in [0.717, 1.165) is 24.0 Å². The van der Waals surface area contributed by atoms with Gasteiger partial charge in [-0.15, -0.1) is 5.06 Å². The van der Waals surface area contributed by atoms with Crippen molar-refractivity contribution in [1.29, 1.82) is 0 Å². The van der Waals surface area contributed by atoms with E-state index >= 15 is 0 Å². The van der Waals surface area contributed by atoms with E-state index in [9.17, 15) is 4.79 Å². The SMILES string of the molecule is CCCCCCCCCCCCCCc1cc(Cl)c(C)cc1ON(C(=O)OCC)c1cc[c]cc1. The van der Waals surface area contributed by atoms with Gasteiger partial charge in [0.15, 0.2) is 5.75 Å². The van der Waals surface area contributed by atoms with Gasteiger partial charge in [0.2, 0.25) is 0 Å². The van der Waals surface area contributed by atoms with Crippen LogP contribution in [0.4, 0.5) is 10.5 Å². The minimum absolute atomic E-state index is 0.267. The highest BCUT2D eigenvalue weighted by Gasteiger charge is 2.21. The third kappa shape index (κ3) is 10.9. The van der Waals surface area contributed by atoms with Crippen molar-refractivity contribution >= 4 is 23.4 Å². The topological polar surface area (TPSA) is 38.8 Å². The molecule has 0 saturated heterocycles. The van der Waals surface area contributed by atoms with Crippen LogP contribution < -0.4 is 9.90 Å². The zero-order valence-corrected chi connectivity index (χ0v) is 22.7. The van der Waals surface area contributed by atoms with Crippen molar-refractivity contribution < 1.29 is 14.4 Å². The Hall–Kier alpha value is -2.20. The summed E-state index contributed by atoms with van der Waals surface area (Å²) in [6, 6.07) is 13.9. The maximum Gasteiger partial charge on any atom is 0.448 e.